The molecule has 6 N–H and O–H groups in total. The topological polar surface area (TPSA) is 150 Å². The van der Waals surface area contributed by atoms with E-state index in [4.69, 9.17) is 15.9 Å². The maximum Gasteiger partial charge on any atom is 0.216 e. The molecule has 1 saturated heterocycles. The number of nitrogens with one attached hydrogen (secondary N) is 1. The molecule has 9 heteroatoms. The van der Waals surface area contributed by atoms with E-state index < -0.39 is 29.6 Å². The Kier molecular flexibility index (Phi) is 3.57. The van der Waals surface area contributed by atoms with Crippen molar-refractivity contribution in [3.63, 3.8) is 0 Å². The van der Waals surface area contributed by atoms with Gasteiger partial charge in [-0.15, -0.1) is 5.10 Å². The number of nitrogen functional groups attached to an aromatic ring is 1. The summed E-state index contributed by atoms with van der Waals surface area (Å²) in [5.41, 5.74) is 2.56. The molecule has 1 aromatic rings. The van der Waals surface area contributed by atoms with Crippen LogP contribution in [-0.4, -0.2) is 59.3 Å². The fourth-order valence-corrected chi connectivity index (χ4v) is 2.33. The first-order valence-corrected chi connectivity index (χ1v) is 6.53. The minimum Gasteiger partial charge on any atom is -0.387 e. The second-order valence-electron chi connectivity index (χ2n) is 5.95. The molecule has 0 unspecified atom stereocenters. The second-order valence-corrected chi connectivity index (χ2v) is 5.95. The number of nitrogens with two attached hydrogens (primary N) is 1. The predicted octanol–water partition coefficient (Wildman–Crippen LogP) is 1.60. The molecule has 0 aromatic carbocycles. The van der Waals surface area contributed by atoms with Crippen LogP contribution in [0.15, 0.2) is 0 Å². The highest BCUT2D eigenvalue weighted by molar-refractivity contribution is 5.91. The van der Waals surface area contributed by atoms with Crippen LogP contribution in [0.25, 0.3) is 0 Å². The van der Waals surface area contributed by atoms with Crippen LogP contribution in [0.5, 0.6) is 0 Å². The number of ether oxygens (including phenoxy) is 1. The van der Waals surface area contributed by atoms with Crippen LogP contribution in [0, 0.1) is 12.3 Å². The van der Waals surface area contributed by atoms with E-state index >= 15 is 0 Å². The Hall–Kier alpha value is -1.55. The summed E-state index contributed by atoms with van der Waals surface area (Å²) in [4.78, 5) is 3.99. The van der Waals surface area contributed by atoms with Crippen molar-refractivity contribution in [1.82, 2.24) is 14.8 Å². The summed E-state index contributed by atoms with van der Waals surface area (Å²) in [7, 11) is 0. The molecule has 0 saturated carbocycles. The zero-order valence-electron chi connectivity index (χ0n) is 12.4. The van der Waals surface area contributed by atoms with E-state index in [9.17, 15) is 15.3 Å². The lowest BCUT2D eigenvalue weighted by Gasteiger charge is -2.38. The smallest absolute Gasteiger partial charge is 0.216 e. The number of aliphatic hydroxyl groups is 3. The number of aliphatic hydroxyl groups excluding tert-OH is 2. The van der Waals surface area contributed by atoms with Gasteiger partial charge in [0.25, 0.3) is 0 Å². The number of aryl methyl sites for hydroxylation is 1. The van der Waals surface area contributed by atoms with Crippen molar-refractivity contribution in [2.24, 2.45) is 5.73 Å². The largest absolute Gasteiger partial charge is 0.387 e. The first kappa shape index (κ1) is 15.8. The Bertz CT molecular complexity index is 598. The highest BCUT2D eigenvalue weighted by Crippen LogP contribution is 2.43. The number of amidine groups is 1. The molecule has 1 aromatic heterocycles. The highest BCUT2D eigenvalue weighted by Gasteiger charge is 2.59. The van der Waals surface area contributed by atoms with E-state index in [-0.39, 0.29) is 28.8 Å². The predicted molar refractivity (Wildman–Crippen MR) is 98.0 cm³/mol. The van der Waals surface area contributed by atoms with E-state index in [0.717, 1.165) is 0 Å². The molecule has 0 amide bonds. The maximum atomic E-state index is 10.2. The lowest BCUT2D eigenvalue weighted by Crippen LogP contribution is -2.55. The molecule has 4 atom stereocenters. The zero-order chi connectivity index (χ0) is 16.2. The maximum absolute atomic E-state index is 10.2. The first-order valence-electron chi connectivity index (χ1n) is 6.53. The van der Waals surface area contributed by atoms with E-state index in [1.54, 1.807) is 6.92 Å². The standard InChI is InChI=1S/C12H21N5O4.12H2/c1-5-15-9(8(13)14)16-17(5)10-6(18)7(19)12(4,21-10)11(2,3)20;;;;;;;;;;;;/h6-7,10,18-20H,1-4H3,(H3,13,14);12*1H/t6-,7+,10-,12+;;;;;;;;;;;;/m1............/s1. The van der Waals surface area contributed by atoms with Crippen LogP contribution in [0.2, 0.25) is 0 Å². The van der Waals surface area contributed by atoms with E-state index in [1.807, 2.05) is 0 Å². The minimum atomic E-state index is -1.39. The summed E-state index contributed by atoms with van der Waals surface area (Å²) < 4.78 is 6.95. The molecule has 142 valence electrons. The van der Waals surface area contributed by atoms with Gasteiger partial charge >= 0.3 is 0 Å². The Labute approximate surface area is 139 Å². The summed E-state index contributed by atoms with van der Waals surface area (Å²) in [5.74, 6) is 0.0706. The van der Waals surface area contributed by atoms with Crippen LogP contribution in [0.1, 0.15) is 55.8 Å². The normalized spacial score (nSPS) is 33.4. The monoisotopic (exact) mass is 323 g/mol. The van der Waals surface area contributed by atoms with Gasteiger partial charge in [0.2, 0.25) is 5.82 Å². The molecule has 0 radical (unpaired) electrons. The average Bonchev–Trinajstić information content (AvgIpc) is 2.83. The fourth-order valence-electron chi connectivity index (χ4n) is 2.33. The van der Waals surface area contributed by atoms with Crippen LogP contribution >= 0.6 is 0 Å². The minimum absolute atomic E-state index is 0. The van der Waals surface area contributed by atoms with Gasteiger partial charge < -0.3 is 25.8 Å². The van der Waals surface area contributed by atoms with Gasteiger partial charge in [0, 0.05) is 17.1 Å². The van der Waals surface area contributed by atoms with Crippen molar-refractivity contribution in [1.29, 1.82) is 5.41 Å². The van der Waals surface area contributed by atoms with E-state index in [1.165, 1.54) is 25.5 Å². The molecule has 2 rings (SSSR count). The van der Waals surface area contributed by atoms with Crippen LogP contribution in [-0.2, 0) is 4.74 Å². The fraction of sp³-hybridized carbons (Fsp3) is 0.750. The quantitative estimate of drug-likeness (QED) is 0.418. The molecular weight excluding hydrogens is 278 g/mol. The van der Waals surface area contributed by atoms with Gasteiger partial charge in [-0.05, 0) is 27.7 Å². The molecule has 0 aliphatic carbocycles. The Morgan fingerprint density at radius 1 is 1.52 bits per heavy atom. The molecule has 9 nitrogen and oxygen atoms in total. The summed E-state index contributed by atoms with van der Waals surface area (Å²) in [6, 6.07) is 0. The molecule has 1 aliphatic heterocycles. The van der Waals surface area contributed by atoms with Gasteiger partial charge in [0.15, 0.2) is 12.1 Å². The van der Waals surface area contributed by atoms with Gasteiger partial charge in [0.1, 0.15) is 23.6 Å². The van der Waals surface area contributed by atoms with Crippen LogP contribution < -0.4 is 5.73 Å². The number of hydrogen-bond donors (Lipinski definition) is 5. The second kappa shape index (κ2) is 4.73. The zero-order valence-corrected chi connectivity index (χ0v) is 12.4. The highest BCUT2D eigenvalue weighted by atomic mass is 16.6. The molecule has 0 spiro atoms. The third-order valence-electron chi connectivity index (χ3n) is 4.04. The summed E-state index contributed by atoms with van der Waals surface area (Å²) in [6.07, 6.45) is -3.65. The van der Waals surface area contributed by atoms with Crippen molar-refractivity contribution in [3.8, 4) is 0 Å². The Balaban J connectivity index is -0.0000000448. The Morgan fingerprint density at radius 3 is 2.48 bits per heavy atom. The van der Waals surface area contributed by atoms with E-state index in [0.29, 0.717) is 5.82 Å². The van der Waals surface area contributed by atoms with E-state index in [2.05, 4.69) is 10.1 Å². The van der Waals surface area contributed by atoms with Gasteiger partial charge in [-0.25, -0.2) is 9.67 Å². The van der Waals surface area contributed by atoms with Crippen molar-refractivity contribution in [2.45, 2.75) is 57.3 Å². The average molecular weight is 324 g/mol. The Morgan fingerprint density at radius 2 is 2.10 bits per heavy atom. The first-order chi connectivity index (χ1) is 9.49. The summed E-state index contributed by atoms with van der Waals surface area (Å²) >= 11 is 0. The van der Waals surface area contributed by atoms with Gasteiger partial charge in [0.05, 0.1) is 5.60 Å². The number of rotatable bonds is 3. The molecule has 1 aliphatic rings. The molecule has 21 heavy (non-hydrogen) atoms. The van der Waals surface area contributed by atoms with Gasteiger partial charge in [-0.2, -0.15) is 0 Å². The molecule has 1 fully saturated rings. The third-order valence-corrected chi connectivity index (χ3v) is 4.04. The lowest BCUT2D eigenvalue weighted by atomic mass is 9.82. The molecule has 0 bridgehead atoms. The van der Waals surface area contributed by atoms with Crippen LogP contribution in [0.3, 0.4) is 0 Å². The SMILES string of the molecule is Cc1nc(C(=N)N)nn1[C@@H]1O[C@](C)(C(C)(C)O)[C@@H](O)[C@H]1O.[HH].[HH].[HH].[HH].[HH].[HH].[HH].[HH].[HH].[HH].[HH].[HH]. The lowest BCUT2D eigenvalue weighted by molar-refractivity contribution is -0.192. The van der Waals surface area contributed by atoms with Gasteiger partial charge in [-0.3, -0.25) is 5.41 Å². The van der Waals surface area contributed by atoms with Crippen molar-refractivity contribution >= 4 is 5.84 Å². The van der Waals surface area contributed by atoms with Crippen LogP contribution in [0.4, 0.5) is 0 Å². The number of nitrogens with zero attached hydrogens (tertiary/aromatic N) is 3. The van der Waals surface area contributed by atoms with Crippen molar-refractivity contribution < 1.29 is 37.2 Å². The van der Waals surface area contributed by atoms with Crippen molar-refractivity contribution in [3.05, 3.63) is 11.6 Å². The third kappa shape index (κ3) is 2.31. The molecular formula is C12H45N5O4. The number of aromatic nitrogens is 3. The number of hydrogen-bond acceptors (Lipinski definition) is 7. The summed E-state index contributed by atoms with van der Waals surface area (Å²) in [5, 5.41) is 42.0. The van der Waals surface area contributed by atoms with Gasteiger partial charge in [-0.1, -0.05) is 0 Å². The summed E-state index contributed by atoms with van der Waals surface area (Å²) in [6.45, 7) is 6.10. The molecule has 2 heterocycles. The van der Waals surface area contributed by atoms with Crippen molar-refractivity contribution in [2.75, 3.05) is 0 Å².